The largest absolute Gasteiger partial charge is 0.365 e. The van der Waals surface area contributed by atoms with E-state index in [2.05, 4.69) is 34.3 Å². The van der Waals surface area contributed by atoms with Gasteiger partial charge in [0.1, 0.15) is 5.56 Å². The van der Waals surface area contributed by atoms with Crippen molar-refractivity contribution in [1.82, 2.24) is 19.4 Å². The van der Waals surface area contributed by atoms with Gasteiger partial charge in [-0.15, -0.1) is 0 Å². The maximum absolute atomic E-state index is 12.9. The second kappa shape index (κ2) is 10.5. The van der Waals surface area contributed by atoms with Crippen molar-refractivity contribution in [2.45, 2.75) is 39.0 Å². The number of fused-ring (bicyclic) bond motifs is 1. The monoisotopic (exact) mass is 510 g/mol. The first-order valence-electron chi connectivity index (χ1n) is 12.8. The molecule has 3 heterocycles. The van der Waals surface area contributed by atoms with E-state index in [9.17, 15) is 14.4 Å². The summed E-state index contributed by atoms with van der Waals surface area (Å²) >= 11 is 0. The smallest absolute Gasteiger partial charge is 0.254 e. The standard InChI is InChI=1S/C29H30N6O3/c1-3-19-4-10-23(11-5-19)35-17-25(27(30)38)26(37)24-16-31-29(33-28(24)35)32-22-8-6-20(7-9-22)21-12-14-34(15-13-21)18(2)36/h4-11,16-17,21H,3,12-15H2,1-2H3,(H2,30,38)(H,31,32,33). The molecule has 0 saturated carbocycles. The summed E-state index contributed by atoms with van der Waals surface area (Å²) < 4.78 is 1.69. The van der Waals surface area contributed by atoms with Crippen molar-refractivity contribution in [3.8, 4) is 5.69 Å². The fourth-order valence-electron chi connectivity index (χ4n) is 4.93. The number of amides is 2. The van der Waals surface area contributed by atoms with Gasteiger partial charge in [-0.1, -0.05) is 31.2 Å². The molecule has 2 aromatic carbocycles. The molecule has 0 aliphatic carbocycles. The Morgan fingerprint density at radius 1 is 1.05 bits per heavy atom. The van der Waals surface area contributed by atoms with Crippen molar-refractivity contribution in [1.29, 1.82) is 0 Å². The number of nitrogens with two attached hydrogens (primary N) is 1. The molecule has 194 valence electrons. The lowest BCUT2D eigenvalue weighted by Crippen LogP contribution is -2.36. The van der Waals surface area contributed by atoms with Crippen LogP contribution in [0, 0.1) is 0 Å². The van der Waals surface area contributed by atoms with E-state index in [4.69, 9.17) is 5.73 Å². The van der Waals surface area contributed by atoms with Crippen LogP contribution >= 0.6 is 0 Å². The summed E-state index contributed by atoms with van der Waals surface area (Å²) in [5, 5.41) is 3.43. The zero-order valence-electron chi connectivity index (χ0n) is 21.5. The molecule has 1 aliphatic heterocycles. The van der Waals surface area contributed by atoms with Crippen LogP contribution in [-0.4, -0.2) is 44.3 Å². The molecule has 1 saturated heterocycles. The Morgan fingerprint density at radius 2 is 1.74 bits per heavy atom. The molecule has 0 atom stereocenters. The number of hydrogen-bond acceptors (Lipinski definition) is 6. The molecule has 2 amide bonds. The van der Waals surface area contributed by atoms with Crippen LogP contribution in [0.3, 0.4) is 0 Å². The van der Waals surface area contributed by atoms with E-state index in [1.54, 1.807) is 11.5 Å². The molecule has 5 rings (SSSR count). The molecular weight excluding hydrogens is 480 g/mol. The number of likely N-dealkylation sites (tertiary alicyclic amines) is 1. The first kappa shape index (κ1) is 25.1. The number of carbonyl (C=O) groups excluding carboxylic acids is 2. The summed E-state index contributed by atoms with van der Waals surface area (Å²) in [7, 11) is 0. The average molecular weight is 511 g/mol. The number of carbonyl (C=O) groups is 2. The molecule has 1 fully saturated rings. The SMILES string of the molecule is CCc1ccc(-n2cc(C(N)=O)c(=O)c3cnc(Nc4ccc(C5CCN(C(C)=O)CC5)cc4)nc32)cc1. The number of benzene rings is 2. The molecule has 0 bridgehead atoms. The zero-order chi connectivity index (χ0) is 26.8. The molecular formula is C29H30N6O3. The third-order valence-electron chi connectivity index (χ3n) is 7.21. The third kappa shape index (κ3) is 5.00. The lowest BCUT2D eigenvalue weighted by molar-refractivity contribution is -0.129. The van der Waals surface area contributed by atoms with Crippen LogP contribution in [0.1, 0.15) is 54.1 Å². The zero-order valence-corrected chi connectivity index (χ0v) is 21.5. The van der Waals surface area contributed by atoms with E-state index in [0.29, 0.717) is 17.5 Å². The Hall–Kier alpha value is -4.53. The number of nitrogens with zero attached hydrogens (tertiary/aromatic N) is 4. The second-order valence-corrected chi connectivity index (χ2v) is 9.58. The van der Waals surface area contributed by atoms with Crippen molar-refractivity contribution in [3.63, 3.8) is 0 Å². The predicted octanol–water partition coefficient (Wildman–Crippen LogP) is 3.91. The number of rotatable bonds is 6. The Bertz CT molecular complexity index is 1550. The van der Waals surface area contributed by atoms with Gasteiger partial charge in [0.25, 0.3) is 5.91 Å². The van der Waals surface area contributed by atoms with Crippen LogP contribution in [0.4, 0.5) is 11.6 Å². The average Bonchev–Trinajstić information content (AvgIpc) is 2.93. The number of aromatic nitrogens is 3. The minimum absolute atomic E-state index is 0.119. The lowest BCUT2D eigenvalue weighted by Gasteiger charge is -2.31. The minimum atomic E-state index is -0.801. The summed E-state index contributed by atoms with van der Waals surface area (Å²) in [5.74, 6) is 0.0763. The molecule has 1 aliphatic rings. The number of anilines is 2. The van der Waals surface area contributed by atoms with Gasteiger partial charge >= 0.3 is 0 Å². The summed E-state index contributed by atoms with van der Waals surface area (Å²) in [6.45, 7) is 5.26. The maximum atomic E-state index is 12.9. The predicted molar refractivity (Wildman–Crippen MR) is 147 cm³/mol. The highest BCUT2D eigenvalue weighted by Crippen LogP contribution is 2.29. The van der Waals surface area contributed by atoms with E-state index < -0.39 is 11.3 Å². The van der Waals surface area contributed by atoms with E-state index >= 15 is 0 Å². The molecule has 4 aromatic rings. The quantitative estimate of drug-likeness (QED) is 0.405. The number of pyridine rings is 1. The molecule has 38 heavy (non-hydrogen) atoms. The highest BCUT2D eigenvalue weighted by molar-refractivity contribution is 5.96. The Kier molecular flexibility index (Phi) is 6.91. The minimum Gasteiger partial charge on any atom is -0.365 e. The Balaban J connectivity index is 1.44. The second-order valence-electron chi connectivity index (χ2n) is 9.58. The van der Waals surface area contributed by atoms with E-state index in [-0.39, 0.29) is 16.9 Å². The van der Waals surface area contributed by atoms with Crippen molar-refractivity contribution < 1.29 is 9.59 Å². The van der Waals surface area contributed by atoms with E-state index in [0.717, 1.165) is 43.7 Å². The first-order valence-corrected chi connectivity index (χ1v) is 12.8. The van der Waals surface area contributed by atoms with Crippen LogP contribution in [0.5, 0.6) is 0 Å². The van der Waals surface area contributed by atoms with Gasteiger partial charge < -0.3 is 20.5 Å². The van der Waals surface area contributed by atoms with Gasteiger partial charge in [-0.2, -0.15) is 4.98 Å². The Labute approximate surface area is 220 Å². The van der Waals surface area contributed by atoms with Gasteiger partial charge in [-0.3, -0.25) is 14.4 Å². The first-order chi connectivity index (χ1) is 18.3. The van der Waals surface area contributed by atoms with Gasteiger partial charge in [0, 0.05) is 43.8 Å². The maximum Gasteiger partial charge on any atom is 0.254 e. The van der Waals surface area contributed by atoms with Crippen molar-refractivity contribution in [2.75, 3.05) is 18.4 Å². The fourth-order valence-corrected chi connectivity index (χ4v) is 4.93. The number of primary amides is 1. The van der Waals surface area contributed by atoms with Gasteiger partial charge in [0.2, 0.25) is 17.3 Å². The normalized spacial score (nSPS) is 14.0. The molecule has 0 unspecified atom stereocenters. The summed E-state index contributed by atoms with van der Waals surface area (Å²) in [5.41, 5.74) is 9.21. The molecule has 0 radical (unpaired) electrons. The number of aryl methyl sites for hydroxylation is 1. The van der Waals surface area contributed by atoms with Crippen LogP contribution in [-0.2, 0) is 11.2 Å². The number of nitrogens with one attached hydrogen (secondary N) is 1. The fraction of sp³-hybridized carbons (Fsp3) is 0.276. The topological polar surface area (TPSA) is 123 Å². The Morgan fingerprint density at radius 3 is 2.34 bits per heavy atom. The summed E-state index contributed by atoms with van der Waals surface area (Å²) in [6.07, 6.45) is 5.66. The highest BCUT2D eigenvalue weighted by Gasteiger charge is 2.22. The van der Waals surface area contributed by atoms with Gasteiger partial charge in [0.05, 0.1) is 5.39 Å². The van der Waals surface area contributed by atoms with Crippen molar-refractivity contribution in [3.05, 3.63) is 87.8 Å². The lowest BCUT2D eigenvalue weighted by atomic mass is 9.89. The van der Waals surface area contributed by atoms with Gasteiger partial charge in [-0.05, 0) is 60.6 Å². The van der Waals surface area contributed by atoms with Crippen molar-refractivity contribution >= 4 is 34.5 Å². The number of hydrogen-bond donors (Lipinski definition) is 2. The van der Waals surface area contributed by atoms with Crippen LogP contribution in [0.2, 0.25) is 0 Å². The van der Waals surface area contributed by atoms with Crippen LogP contribution in [0.15, 0.2) is 65.7 Å². The van der Waals surface area contributed by atoms with Crippen LogP contribution < -0.4 is 16.5 Å². The van der Waals surface area contributed by atoms with E-state index in [1.807, 2.05) is 41.3 Å². The van der Waals surface area contributed by atoms with Gasteiger partial charge in [-0.25, -0.2) is 4.98 Å². The third-order valence-corrected chi connectivity index (χ3v) is 7.21. The van der Waals surface area contributed by atoms with Crippen LogP contribution in [0.25, 0.3) is 16.7 Å². The summed E-state index contributed by atoms with van der Waals surface area (Å²) in [4.78, 5) is 47.4. The molecule has 9 nitrogen and oxygen atoms in total. The number of piperidine rings is 1. The molecule has 9 heteroatoms. The molecule has 2 aromatic heterocycles. The van der Waals surface area contributed by atoms with E-state index in [1.165, 1.54) is 23.5 Å². The summed E-state index contributed by atoms with van der Waals surface area (Å²) in [6, 6.07) is 16.0. The highest BCUT2D eigenvalue weighted by atomic mass is 16.2. The van der Waals surface area contributed by atoms with Crippen molar-refractivity contribution in [2.24, 2.45) is 5.73 Å². The molecule has 0 spiro atoms. The molecule has 3 N–H and O–H groups in total. The van der Waals surface area contributed by atoms with Gasteiger partial charge in [0.15, 0.2) is 5.65 Å².